The Bertz CT molecular complexity index is 243. The van der Waals surface area contributed by atoms with Gasteiger partial charge in [-0.05, 0) is 0 Å². The van der Waals surface area contributed by atoms with Crippen LogP contribution in [-0.2, 0) is 14.4 Å². The minimum Gasteiger partial charge on any atom is -0.348 e. The van der Waals surface area contributed by atoms with Crippen molar-refractivity contribution in [1.82, 2.24) is 9.80 Å². The highest BCUT2D eigenvalue weighted by Gasteiger charge is 2.49. The van der Waals surface area contributed by atoms with E-state index in [4.69, 9.17) is 0 Å². The van der Waals surface area contributed by atoms with Crippen molar-refractivity contribution in [2.45, 2.75) is 0 Å². The summed E-state index contributed by atoms with van der Waals surface area (Å²) in [5.41, 5.74) is 0. The molecule has 0 spiro atoms. The van der Waals surface area contributed by atoms with E-state index in [-0.39, 0.29) is 0 Å². The molecule has 1 aliphatic heterocycles. The molecule has 0 saturated carbocycles. The highest BCUT2D eigenvalue weighted by Crippen LogP contribution is 2.18. The van der Waals surface area contributed by atoms with Crippen molar-refractivity contribution < 1.29 is 14.4 Å². The smallest absolute Gasteiger partial charge is 0.251 e. The van der Waals surface area contributed by atoms with E-state index in [1.807, 2.05) is 0 Å². The van der Waals surface area contributed by atoms with Gasteiger partial charge in [0.05, 0.1) is 0 Å². The normalized spacial score (nSPS) is 17.8. The van der Waals surface area contributed by atoms with Crippen LogP contribution in [0, 0.1) is 5.92 Å². The molecule has 5 nitrogen and oxygen atoms in total. The van der Waals surface area contributed by atoms with Crippen molar-refractivity contribution in [3.8, 4) is 0 Å². The Balaban J connectivity index is 2.74. The molecule has 0 radical (unpaired) electrons. The zero-order valence-electron chi connectivity index (χ0n) is 7.20. The lowest BCUT2D eigenvalue weighted by Gasteiger charge is -2.32. The van der Waals surface area contributed by atoms with Crippen molar-refractivity contribution >= 4 is 17.7 Å². The highest BCUT2D eigenvalue weighted by atomic mass is 16.2. The molecule has 1 heterocycles. The number of β-lactam (4-membered cyclic amide) rings is 2. The van der Waals surface area contributed by atoms with Crippen LogP contribution < -0.4 is 0 Å². The Kier molecular flexibility index (Phi) is 1.87. The monoisotopic (exact) mass is 170 g/mol. The van der Waals surface area contributed by atoms with Gasteiger partial charge in [0.1, 0.15) is 0 Å². The van der Waals surface area contributed by atoms with Crippen molar-refractivity contribution in [2.75, 3.05) is 21.1 Å². The van der Waals surface area contributed by atoms with E-state index in [0.717, 1.165) is 4.90 Å². The molecule has 0 aromatic rings. The van der Waals surface area contributed by atoms with Crippen LogP contribution in [0.1, 0.15) is 0 Å². The summed E-state index contributed by atoms with van der Waals surface area (Å²) < 4.78 is 0. The lowest BCUT2D eigenvalue weighted by molar-refractivity contribution is -0.168. The number of likely N-dealkylation sites (tertiary alicyclic amines) is 1. The summed E-state index contributed by atoms with van der Waals surface area (Å²) in [5, 5.41) is 0. The number of imide groups is 1. The maximum absolute atomic E-state index is 11.1. The second kappa shape index (κ2) is 2.58. The van der Waals surface area contributed by atoms with Crippen molar-refractivity contribution in [1.29, 1.82) is 0 Å². The number of nitrogens with zero attached hydrogens (tertiary/aromatic N) is 2. The maximum atomic E-state index is 11.1. The summed E-state index contributed by atoms with van der Waals surface area (Å²) in [7, 11) is 4.40. The fourth-order valence-corrected chi connectivity index (χ4v) is 1.00. The van der Waals surface area contributed by atoms with Gasteiger partial charge in [-0.2, -0.15) is 0 Å². The molecule has 1 fully saturated rings. The van der Waals surface area contributed by atoms with E-state index >= 15 is 0 Å². The molecule has 1 rings (SSSR count). The van der Waals surface area contributed by atoms with Crippen LogP contribution in [0.4, 0.5) is 0 Å². The average Bonchev–Trinajstić information content (AvgIpc) is 2.03. The molecule has 1 aliphatic rings. The highest BCUT2D eigenvalue weighted by molar-refractivity contribution is 6.29. The van der Waals surface area contributed by atoms with E-state index in [0.29, 0.717) is 0 Å². The van der Waals surface area contributed by atoms with Crippen LogP contribution in [0.25, 0.3) is 0 Å². The van der Waals surface area contributed by atoms with E-state index < -0.39 is 23.6 Å². The van der Waals surface area contributed by atoms with Crippen LogP contribution in [0.5, 0.6) is 0 Å². The third-order valence-corrected chi connectivity index (χ3v) is 1.84. The van der Waals surface area contributed by atoms with Gasteiger partial charge in [0.25, 0.3) is 11.8 Å². The van der Waals surface area contributed by atoms with Crippen molar-refractivity contribution in [3.05, 3.63) is 0 Å². The summed E-state index contributed by atoms with van der Waals surface area (Å²) >= 11 is 0. The fourth-order valence-electron chi connectivity index (χ4n) is 1.00. The lowest BCUT2D eigenvalue weighted by Crippen LogP contribution is -2.60. The second-order valence-corrected chi connectivity index (χ2v) is 2.90. The van der Waals surface area contributed by atoms with E-state index in [2.05, 4.69) is 0 Å². The van der Waals surface area contributed by atoms with Crippen LogP contribution in [0.15, 0.2) is 0 Å². The molecule has 0 atom stereocenters. The fraction of sp³-hybridized carbons (Fsp3) is 0.571. The Morgan fingerprint density at radius 1 is 1.33 bits per heavy atom. The Hall–Kier alpha value is -1.39. The molecule has 0 aromatic heterocycles. The van der Waals surface area contributed by atoms with Crippen LogP contribution in [0.3, 0.4) is 0 Å². The number of rotatable bonds is 1. The maximum Gasteiger partial charge on any atom is 0.251 e. The van der Waals surface area contributed by atoms with E-state index in [1.165, 1.54) is 26.0 Å². The van der Waals surface area contributed by atoms with Gasteiger partial charge in [0.15, 0.2) is 5.92 Å². The number of carbonyl (C=O) groups is 3. The summed E-state index contributed by atoms with van der Waals surface area (Å²) in [6, 6.07) is 0. The molecule has 0 bridgehead atoms. The van der Waals surface area contributed by atoms with Crippen LogP contribution >= 0.6 is 0 Å². The van der Waals surface area contributed by atoms with Crippen LogP contribution in [-0.4, -0.2) is 48.7 Å². The third kappa shape index (κ3) is 0.975. The van der Waals surface area contributed by atoms with Crippen LogP contribution in [0.2, 0.25) is 0 Å². The predicted molar refractivity (Wildman–Crippen MR) is 40.0 cm³/mol. The van der Waals surface area contributed by atoms with Crippen molar-refractivity contribution in [3.63, 3.8) is 0 Å². The topological polar surface area (TPSA) is 57.7 Å². The molecule has 0 unspecified atom stereocenters. The van der Waals surface area contributed by atoms with Gasteiger partial charge < -0.3 is 4.90 Å². The average molecular weight is 170 g/mol. The molecule has 1 saturated heterocycles. The van der Waals surface area contributed by atoms with Gasteiger partial charge in [-0.15, -0.1) is 0 Å². The Morgan fingerprint density at radius 3 is 2.08 bits per heavy atom. The second-order valence-electron chi connectivity index (χ2n) is 2.90. The molecular formula is C7H10N2O3. The number of hydrogen-bond donors (Lipinski definition) is 0. The largest absolute Gasteiger partial charge is 0.348 e. The standard InChI is InChI=1S/C7H10N2O3/c1-8(2)5(10)4-6(11)9(3)7(4)12/h4H,1-3H3. The van der Waals surface area contributed by atoms with E-state index in [9.17, 15) is 14.4 Å². The summed E-state index contributed by atoms with van der Waals surface area (Å²) in [6.07, 6.45) is 0. The van der Waals surface area contributed by atoms with Gasteiger partial charge >= 0.3 is 0 Å². The minimum atomic E-state index is -1.08. The summed E-state index contributed by atoms with van der Waals surface area (Å²) in [6.45, 7) is 0. The zero-order valence-corrected chi connectivity index (χ0v) is 7.20. The van der Waals surface area contributed by atoms with Gasteiger partial charge in [-0.3, -0.25) is 19.3 Å². The molecular weight excluding hydrogens is 160 g/mol. The summed E-state index contributed by atoms with van der Waals surface area (Å²) in [4.78, 5) is 35.3. The molecule has 0 aromatic carbocycles. The van der Waals surface area contributed by atoms with Gasteiger partial charge in [-0.1, -0.05) is 0 Å². The molecule has 0 aliphatic carbocycles. The van der Waals surface area contributed by atoms with Gasteiger partial charge in [-0.25, -0.2) is 0 Å². The van der Waals surface area contributed by atoms with Gasteiger partial charge in [0, 0.05) is 21.1 Å². The molecule has 3 amide bonds. The first-order chi connectivity index (χ1) is 5.46. The van der Waals surface area contributed by atoms with Crippen molar-refractivity contribution in [2.24, 2.45) is 5.92 Å². The molecule has 12 heavy (non-hydrogen) atoms. The minimum absolute atomic E-state index is 0.418. The first kappa shape index (κ1) is 8.70. The summed E-state index contributed by atoms with van der Waals surface area (Å²) in [5.74, 6) is -2.36. The van der Waals surface area contributed by atoms with E-state index in [1.54, 1.807) is 0 Å². The first-order valence-corrected chi connectivity index (χ1v) is 3.49. The third-order valence-electron chi connectivity index (χ3n) is 1.84. The number of amides is 3. The molecule has 0 N–H and O–H groups in total. The first-order valence-electron chi connectivity index (χ1n) is 3.49. The predicted octanol–water partition coefficient (Wildman–Crippen LogP) is -1.31. The number of hydrogen-bond acceptors (Lipinski definition) is 3. The Labute approximate surface area is 69.9 Å². The van der Waals surface area contributed by atoms with Gasteiger partial charge in [0.2, 0.25) is 5.91 Å². The Morgan fingerprint density at radius 2 is 1.75 bits per heavy atom. The zero-order chi connectivity index (χ0) is 9.46. The molecule has 66 valence electrons. The molecule has 5 heteroatoms. The quantitative estimate of drug-likeness (QED) is 0.362. The lowest BCUT2D eigenvalue weighted by atomic mass is 9.97. The SMILES string of the molecule is CN(C)C(=O)C1C(=O)N(C)C1=O. The number of carbonyl (C=O) groups excluding carboxylic acids is 3.